The highest BCUT2D eigenvalue weighted by atomic mass is 32.2. The smallest absolute Gasteiger partial charge is 0.186 e. The number of hydrogen-bond donors (Lipinski definition) is 1. The van der Waals surface area contributed by atoms with Crippen LogP contribution in [0.25, 0.3) is 0 Å². The summed E-state index contributed by atoms with van der Waals surface area (Å²) >= 11 is 0. The lowest BCUT2D eigenvalue weighted by Gasteiger charge is -2.14. The first-order valence-corrected chi connectivity index (χ1v) is 7.83. The standard InChI is InChI=1S/C11H18FN3O2S/c1-4-9-10(12)11(14-7-13-9)15-8(2)5-6-18(3,16)17/h7-8H,4-6H2,1-3H3,(H,13,14,15). The van der Waals surface area contributed by atoms with Gasteiger partial charge in [0, 0.05) is 12.3 Å². The van der Waals surface area contributed by atoms with E-state index >= 15 is 0 Å². The molecule has 0 bridgehead atoms. The Bertz CT molecular complexity index is 505. The van der Waals surface area contributed by atoms with Crippen molar-refractivity contribution < 1.29 is 12.8 Å². The summed E-state index contributed by atoms with van der Waals surface area (Å²) in [5, 5.41) is 2.87. The number of aromatic nitrogens is 2. The quantitative estimate of drug-likeness (QED) is 0.850. The minimum absolute atomic E-state index is 0.0640. The summed E-state index contributed by atoms with van der Waals surface area (Å²) < 4.78 is 35.9. The molecule has 0 saturated carbocycles. The molecule has 0 aromatic carbocycles. The summed E-state index contributed by atoms with van der Waals surface area (Å²) in [6, 6.07) is -0.172. The fourth-order valence-electron chi connectivity index (χ4n) is 1.45. The van der Waals surface area contributed by atoms with Crippen LogP contribution in [0, 0.1) is 5.82 Å². The Morgan fingerprint density at radius 2 is 2.11 bits per heavy atom. The summed E-state index contributed by atoms with van der Waals surface area (Å²) in [5.74, 6) is -0.275. The van der Waals surface area contributed by atoms with Gasteiger partial charge in [0.05, 0.1) is 11.4 Å². The van der Waals surface area contributed by atoms with Gasteiger partial charge in [-0.2, -0.15) is 0 Å². The normalized spacial score (nSPS) is 13.3. The average molecular weight is 275 g/mol. The first kappa shape index (κ1) is 14.8. The van der Waals surface area contributed by atoms with Gasteiger partial charge in [-0.05, 0) is 19.8 Å². The van der Waals surface area contributed by atoms with E-state index in [-0.39, 0.29) is 17.6 Å². The number of aryl methyl sites for hydroxylation is 1. The largest absolute Gasteiger partial charge is 0.365 e. The monoisotopic (exact) mass is 275 g/mol. The molecule has 0 spiro atoms. The summed E-state index contributed by atoms with van der Waals surface area (Å²) in [4.78, 5) is 7.65. The molecular weight excluding hydrogens is 257 g/mol. The number of sulfone groups is 1. The predicted molar refractivity (Wildman–Crippen MR) is 68.8 cm³/mol. The minimum atomic E-state index is -3.00. The van der Waals surface area contributed by atoms with Crippen molar-refractivity contribution in [3.05, 3.63) is 17.8 Å². The van der Waals surface area contributed by atoms with E-state index in [0.29, 0.717) is 18.5 Å². The van der Waals surface area contributed by atoms with Crippen molar-refractivity contribution in [2.24, 2.45) is 0 Å². The molecule has 102 valence electrons. The lowest BCUT2D eigenvalue weighted by Crippen LogP contribution is -2.21. The van der Waals surface area contributed by atoms with Crippen LogP contribution >= 0.6 is 0 Å². The molecule has 0 amide bonds. The lowest BCUT2D eigenvalue weighted by atomic mass is 10.2. The van der Waals surface area contributed by atoms with Crippen LogP contribution in [0.1, 0.15) is 26.0 Å². The number of rotatable bonds is 6. The van der Waals surface area contributed by atoms with Crippen molar-refractivity contribution in [3.8, 4) is 0 Å². The molecule has 5 nitrogen and oxygen atoms in total. The van der Waals surface area contributed by atoms with E-state index in [1.54, 1.807) is 6.92 Å². The van der Waals surface area contributed by atoms with Crippen LogP contribution in [0.15, 0.2) is 6.33 Å². The van der Waals surface area contributed by atoms with Gasteiger partial charge in [0.15, 0.2) is 11.6 Å². The molecule has 0 fully saturated rings. The zero-order chi connectivity index (χ0) is 13.8. The van der Waals surface area contributed by atoms with Crippen molar-refractivity contribution in [1.82, 2.24) is 9.97 Å². The Morgan fingerprint density at radius 3 is 2.67 bits per heavy atom. The Hall–Kier alpha value is -1.24. The molecule has 18 heavy (non-hydrogen) atoms. The van der Waals surface area contributed by atoms with E-state index in [1.807, 2.05) is 6.92 Å². The number of anilines is 1. The van der Waals surface area contributed by atoms with Gasteiger partial charge in [0.25, 0.3) is 0 Å². The molecule has 0 aliphatic carbocycles. The van der Waals surface area contributed by atoms with E-state index in [1.165, 1.54) is 12.6 Å². The maximum Gasteiger partial charge on any atom is 0.186 e. The average Bonchev–Trinajstić information content (AvgIpc) is 2.28. The topological polar surface area (TPSA) is 72.0 Å². The molecule has 0 aliphatic heterocycles. The van der Waals surface area contributed by atoms with Gasteiger partial charge < -0.3 is 5.32 Å². The van der Waals surface area contributed by atoms with Gasteiger partial charge in [-0.25, -0.2) is 22.8 Å². The second-order valence-corrected chi connectivity index (χ2v) is 6.56. The van der Waals surface area contributed by atoms with Crippen LogP contribution in [0.4, 0.5) is 10.2 Å². The maximum atomic E-state index is 13.8. The highest BCUT2D eigenvalue weighted by Crippen LogP contribution is 2.15. The van der Waals surface area contributed by atoms with Crippen molar-refractivity contribution in [2.45, 2.75) is 32.7 Å². The number of nitrogens with zero attached hydrogens (tertiary/aromatic N) is 2. The van der Waals surface area contributed by atoms with Gasteiger partial charge in [0.2, 0.25) is 0 Å². The van der Waals surface area contributed by atoms with Crippen LogP contribution in [0.5, 0.6) is 0 Å². The lowest BCUT2D eigenvalue weighted by molar-refractivity contribution is 0.587. The highest BCUT2D eigenvalue weighted by Gasteiger charge is 2.13. The number of halogens is 1. The van der Waals surface area contributed by atoms with E-state index in [0.717, 1.165) is 0 Å². The molecule has 1 atom stereocenters. The zero-order valence-electron chi connectivity index (χ0n) is 10.8. The van der Waals surface area contributed by atoms with E-state index < -0.39 is 15.7 Å². The van der Waals surface area contributed by atoms with Gasteiger partial charge in [-0.1, -0.05) is 6.92 Å². The first-order valence-electron chi connectivity index (χ1n) is 5.77. The fraction of sp³-hybridized carbons (Fsp3) is 0.636. The van der Waals surface area contributed by atoms with Crippen molar-refractivity contribution in [2.75, 3.05) is 17.3 Å². The minimum Gasteiger partial charge on any atom is -0.365 e. The summed E-state index contributed by atoms with van der Waals surface area (Å²) in [5.41, 5.74) is 0.350. The van der Waals surface area contributed by atoms with Gasteiger partial charge in [-0.15, -0.1) is 0 Å². The van der Waals surface area contributed by atoms with Crippen molar-refractivity contribution in [1.29, 1.82) is 0 Å². The molecule has 1 N–H and O–H groups in total. The number of nitrogens with one attached hydrogen (secondary N) is 1. The maximum absolute atomic E-state index is 13.8. The first-order chi connectivity index (χ1) is 8.33. The molecule has 0 saturated heterocycles. The Kier molecular flexibility index (Phi) is 5.01. The fourth-order valence-corrected chi connectivity index (χ4v) is 2.23. The molecule has 1 heterocycles. The Balaban J connectivity index is 2.67. The molecule has 1 aromatic heterocycles. The highest BCUT2D eigenvalue weighted by molar-refractivity contribution is 7.90. The molecule has 7 heteroatoms. The molecule has 1 unspecified atom stereocenters. The molecular formula is C11H18FN3O2S. The van der Waals surface area contributed by atoms with E-state index in [2.05, 4.69) is 15.3 Å². The van der Waals surface area contributed by atoms with Crippen molar-refractivity contribution in [3.63, 3.8) is 0 Å². The van der Waals surface area contributed by atoms with Crippen LogP contribution in [-0.2, 0) is 16.3 Å². The summed E-state index contributed by atoms with van der Waals surface area (Å²) in [6.45, 7) is 3.60. The van der Waals surface area contributed by atoms with E-state index in [9.17, 15) is 12.8 Å². The van der Waals surface area contributed by atoms with Crippen LogP contribution in [-0.4, -0.2) is 36.4 Å². The molecule has 0 aliphatic rings. The van der Waals surface area contributed by atoms with Gasteiger partial charge in [0.1, 0.15) is 16.2 Å². The molecule has 1 rings (SSSR count). The van der Waals surface area contributed by atoms with Crippen LogP contribution in [0.3, 0.4) is 0 Å². The Labute approximate surface area is 107 Å². The Morgan fingerprint density at radius 1 is 1.44 bits per heavy atom. The second kappa shape index (κ2) is 6.08. The predicted octanol–water partition coefficient (Wildman–Crippen LogP) is 1.41. The van der Waals surface area contributed by atoms with Crippen molar-refractivity contribution >= 4 is 15.7 Å². The zero-order valence-corrected chi connectivity index (χ0v) is 11.6. The summed E-state index contributed by atoms with van der Waals surface area (Å²) in [7, 11) is -3.00. The molecule has 0 radical (unpaired) electrons. The SMILES string of the molecule is CCc1ncnc(NC(C)CCS(C)(=O)=O)c1F. The molecule has 1 aromatic rings. The van der Waals surface area contributed by atoms with Crippen LogP contribution in [0.2, 0.25) is 0 Å². The third-order valence-electron chi connectivity index (χ3n) is 2.50. The van der Waals surface area contributed by atoms with Gasteiger partial charge >= 0.3 is 0 Å². The second-order valence-electron chi connectivity index (χ2n) is 4.30. The van der Waals surface area contributed by atoms with E-state index in [4.69, 9.17) is 0 Å². The number of hydrogen-bond acceptors (Lipinski definition) is 5. The summed E-state index contributed by atoms with van der Waals surface area (Å²) in [6.07, 6.45) is 3.37. The third-order valence-corrected chi connectivity index (χ3v) is 3.48. The van der Waals surface area contributed by atoms with Crippen LogP contribution < -0.4 is 5.32 Å². The van der Waals surface area contributed by atoms with Gasteiger partial charge in [-0.3, -0.25) is 0 Å². The third kappa shape index (κ3) is 4.56.